The number of hydrogen-bond acceptors (Lipinski definition) is 2. The Morgan fingerprint density at radius 1 is 1.25 bits per heavy atom. The quantitative estimate of drug-likeness (QED) is 0.892. The van der Waals surface area contributed by atoms with Gasteiger partial charge in [0.15, 0.2) is 0 Å². The first-order chi connectivity index (χ1) is 7.58. The predicted octanol–water partition coefficient (Wildman–Crippen LogP) is 3.43. The zero-order chi connectivity index (χ0) is 11.7. The second kappa shape index (κ2) is 4.58. The number of rotatable bonds is 2. The molecule has 1 aromatic carbocycles. The lowest BCUT2D eigenvalue weighted by Gasteiger charge is -2.07. The normalized spacial score (nSPS) is 13.0. The van der Waals surface area contributed by atoms with Crippen molar-refractivity contribution in [2.24, 2.45) is 5.73 Å². The Balaban J connectivity index is 2.55. The number of nitrogens with zero attached hydrogens (tertiary/aromatic N) is 1. The van der Waals surface area contributed by atoms with Crippen molar-refractivity contribution in [3.8, 4) is 0 Å². The van der Waals surface area contributed by atoms with E-state index in [1.807, 2.05) is 25.1 Å². The molecule has 16 heavy (non-hydrogen) atoms. The van der Waals surface area contributed by atoms with E-state index in [4.69, 9.17) is 28.9 Å². The van der Waals surface area contributed by atoms with Crippen molar-refractivity contribution in [1.29, 1.82) is 0 Å². The van der Waals surface area contributed by atoms with Crippen molar-refractivity contribution in [2.45, 2.75) is 19.4 Å². The van der Waals surface area contributed by atoms with Gasteiger partial charge in [-0.1, -0.05) is 35.3 Å². The van der Waals surface area contributed by atoms with Crippen molar-refractivity contribution in [3.63, 3.8) is 0 Å². The Morgan fingerprint density at radius 2 is 1.94 bits per heavy atom. The van der Waals surface area contributed by atoms with Gasteiger partial charge in [-0.25, -0.2) is 0 Å². The van der Waals surface area contributed by atoms with E-state index < -0.39 is 0 Å². The Kier molecular flexibility index (Phi) is 3.33. The molecule has 2 N–H and O–H groups in total. The van der Waals surface area contributed by atoms with E-state index in [0.29, 0.717) is 10.0 Å². The fourth-order valence-corrected chi connectivity index (χ4v) is 1.98. The topological polar surface area (TPSA) is 38.9 Å². The molecule has 0 saturated heterocycles. The largest absolute Gasteiger partial charge is 0.328 e. The maximum absolute atomic E-state index is 6.11. The first-order valence-corrected chi connectivity index (χ1v) is 5.82. The molecular weight excluding hydrogens is 243 g/mol. The number of hydrogen-bond donors (Lipinski definition) is 1. The number of fused-ring (bicyclic) bond motifs is 1. The summed E-state index contributed by atoms with van der Waals surface area (Å²) < 4.78 is 0. The predicted molar refractivity (Wildman–Crippen MR) is 69.1 cm³/mol. The lowest BCUT2D eigenvalue weighted by Crippen LogP contribution is -2.18. The summed E-state index contributed by atoms with van der Waals surface area (Å²) in [6, 6.07) is 7.73. The molecule has 0 radical (unpaired) electrons. The van der Waals surface area contributed by atoms with Crippen LogP contribution in [0.15, 0.2) is 24.3 Å². The number of nitrogens with two attached hydrogens (primary N) is 1. The first-order valence-electron chi connectivity index (χ1n) is 5.07. The van der Waals surface area contributed by atoms with Crippen LogP contribution in [0.4, 0.5) is 0 Å². The summed E-state index contributed by atoms with van der Waals surface area (Å²) in [7, 11) is 0. The third-order valence-electron chi connectivity index (χ3n) is 2.34. The van der Waals surface area contributed by atoms with Gasteiger partial charge in [-0.2, -0.15) is 0 Å². The lowest BCUT2D eigenvalue weighted by atomic mass is 10.1. The first kappa shape index (κ1) is 11.6. The zero-order valence-corrected chi connectivity index (χ0v) is 10.4. The summed E-state index contributed by atoms with van der Waals surface area (Å²) >= 11 is 12.1. The number of aromatic nitrogens is 1. The van der Waals surface area contributed by atoms with Gasteiger partial charge in [-0.05, 0) is 19.1 Å². The van der Waals surface area contributed by atoms with Crippen LogP contribution in [0.5, 0.6) is 0 Å². The van der Waals surface area contributed by atoms with Crippen LogP contribution in [0.2, 0.25) is 10.0 Å². The maximum atomic E-state index is 6.11. The van der Waals surface area contributed by atoms with E-state index >= 15 is 0 Å². The fraction of sp³-hybridized carbons (Fsp3) is 0.250. The van der Waals surface area contributed by atoms with Gasteiger partial charge in [0.05, 0.1) is 15.6 Å². The highest BCUT2D eigenvalue weighted by Crippen LogP contribution is 2.29. The Bertz CT molecular complexity index is 524. The molecule has 1 atom stereocenters. The minimum Gasteiger partial charge on any atom is -0.328 e. The molecule has 0 bridgehead atoms. The van der Waals surface area contributed by atoms with Crippen molar-refractivity contribution >= 4 is 34.1 Å². The summed E-state index contributed by atoms with van der Waals surface area (Å²) in [5.41, 5.74) is 7.42. The van der Waals surface area contributed by atoms with Gasteiger partial charge in [-0.15, -0.1) is 0 Å². The molecule has 0 fully saturated rings. The average molecular weight is 255 g/mol. The molecule has 2 nitrogen and oxygen atoms in total. The molecule has 2 aromatic rings. The van der Waals surface area contributed by atoms with E-state index in [-0.39, 0.29) is 6.04 Å². The molecule has 2 rings (SSSR count). The molecule has 1 heterocycles. The van der Waals surface area contributed by atoms with Gasteiger partial charge in [0.1, 0.15) is 0 Å². The summed E-state index contributed by atoms with van der Waals surface area (Å²) in [5.74, 6) is 0. The highest BCUT2D eigenvalue weighted by atomic mass is 35.5. The van der Waals surface area contributed by atoms with Crippen LogP contribution in [0.3, 0.4) is 0 Å². The van der Waals surface area contributed by atoms with E-state index in [2.05, 4.69) is 4.98 Å². The maximum Gasteiger partial charge on any atom is 0.0906 e. The standard InChI is InChI=1S/C12H12Cl2N2/c1-7(15)6-9-4-2-8-3-5-10(13)11(14)12(8)16-9/h2-5,7H,6,15H2,1H3. The van der Waals surface area contributed by atoms with E-state index in [9.17, 15) is 0 Å². The number of benzene rings is 1. The van der Waals surface area contributed by atoms with Crippen molar-refractivity contribution < 1.29 is 0 Å². The number of halogens is 2. The SMILES string of the molecule is CC(N)Cc1ccc2ccc(Cl)c(Cl)c2n1. The van der Waals surface area contributed by atoms with E-state index in [1.54, 1.807) is 6.07 Å². The average Bonchev–Trinajstić information content (AvgIpc) is 2.23. The second-order valence-electron chi connectivity index (χ2n) is 3.92. The molecule has 0 aliphatic heterocycles. The summed E-state index contributed by atoms with van der Waals surface area (Å²) in [6.45, 7) is 1.95. The van der Waals surface area contributed by atoms with Crippen LogP contribution < -0.4 is 5.73 Å². The molecule has 84 valence electrons. The minimum absolute atomic E-state index is 0.0860. The van der Waals surface area contributed by atoms with Crippen LogP contribution in [0.1, 0.15) is 12.6 Å². The zero-order valence-electron chi connectivity index (χ0n) is 8.87. The van der Waals surface area contributed by atoms with Crippen molar-refractivity contribution in [2.75, 3.05) is 0 Å². The molecule has 0 saturated carbocycles. The van der Waals surface area contributed by atoms with Crippen LogP contribution in [0.25, 0.3) is 10.9 Å². The Hall–Kier alpha value is -0.830. The molecule has 1 aromatic heterocycles. The third kappa shape index (κ3) is 2.29. The number of pyridine rings is 1. The monoisotopic (exact) mass is 254 g/mol. The summed E-state index contributed by atoms with van der Waals surface area (Å²) in [5, 5.41) is 2.02. The molecule has 4 heteroatoms. The van der Waals surface area contributed by atoms with Crippen LogP contribution in [-0.4, -0.2) is 11.0 Å². The van der Waals surface area contributed by atoms with Gasteiger partial charge >= 0.3 is 0 Å². The minimum atomic E-state index is 0.0860. The Labute approximate surface area is 104 Å². The Morgan fingerprint density at radius 3 is 2.62 bits per heavy atom. The van der Waals surface area contributed by atoms with Gasteiger partial charge in [0.25, 0.3) is 0 Å². The lowest BCUT2D eigenvalue weighted by molar-refractivity contribution is 0.725. The smallest absolute Gasteiger partial charge is 0.0906 e. The molecular formula is C12H12Cl2N2. The van der Waals surface area contributed by atoms with Crippen LogP contribution in [0, 0.1) is 0 Å². The van der Waals surface area contributed by atoms with Gasteiger partial charge in [0, 0.05) is 23.5 Å². The van der Waals surface area contributed by atoms with Crippen molar-refractivity contribution in [3.05, 3.63) is 40.0 Å². The van der Waals surface area contributed by atoms with Gasteiger partial charge < -0.3 is 5.73 Å². The van der Waals surface area contributed by atoms with Gasteiger partial charge in [-0.3, -0.25) is 4.98 Å². The molecule has 0 aliphatic carbocycles. The van der Waals surface area contributed by atoms with E-state index in [1.165, 1.54) is 0 Å². The van der Waals surface area contributed by atoms with Crippen LogP contribution in [-0.2, 0) is 6.42 Å². The van der Waals surface area contributed by atoms with Gasteiger partial charge in [0.2, 0.25) is 0 Å². The summed E-state index contributed by atoms with van der Waals surface area (Å²) in [6.07, 6.45) is 0.735. The molecule has 0 amide bonds. The molecule has 0 aliphatic rings. The van der Waals surface area contributed by atoms with Crippen LogP contribution >= 0.6 is 23.2 Å². The molecule has 1 unspecified atom stereocenters. The highest BCUT2D eigenvalue weighted by molar-refractivity contribution is 6.44. The summed E-state index contributed by atoms with van der Waals surface area (Å²) in [4.78, 5) is 4.48. The molecule has 0 spiro atoms. The second-order valence-corrected chi connectivity index (χ2v) is 4.70. The van der Waals surface area contributed by atoms with Crippen molar-refractivity contribution in [1.82, 2.24) is 4.98 Å². The third-order valence-corrected chi connectivity index (χ3v) is 3.14. The fourth-order valence-electron chi connectivity index (χ4n) is 1.61. The van der Waals surface area contributed by atoms with E-state index in [0.717, 1.165) is 23.0 Å². The highest BCUT2D eigenvalue weighted by Gasteiger charge is 2.07.